The summed E-state index contributed by atoms with van der Waals surface area (Å²) in [6.07, 6.45) is 1.70. The van der Waals surface area contributed by atoms with Gasteiger partial charge < -0.3 is 4.79 Å². The normalized spacial score (nSPS) is 29.8. The van der Waals surface area contributed by atoms with Crippen molar-refractivity contribution in [2.24, 2.45) is 5.92 Å². The number of carbonyl (C=O) groups excluding carboxylic acids is 1. The van der Waals surface area contributed by atoms with Crippen molar-refractivity contribution in [1.29, 1.82) is 0 Å². The summed E-state index contributed by atoms with van der Waals surface area (Å²) < 4.78 is 0. The fourth-order valence-corrected chi connectivity index (χ4v) is 0.585. The van der Waals surface area contributed by atoms with Gasteiger partial charge in [0.05, 0.1) is 13.2 Å². The smallest absolute Gasteiger partial charge is 0.125 e. The van der Waals surface area contributed by atoms with Crippen LogP contribution in [0.5, 0.6) is 0 Å². The molecule has 1 aliphatic heterocycles. The topological polar surface area (TPSA) is 35.5 Å². The molecule has 0 radical (unpaired) electrons. The second-order valence-corrected chi connectivity index (χ2v) is 1.79. The molecule has 0 saturated carbocycles. The molecule has 0 amide bonds. The molecule has 3 heteroatoms. The Hall–Kier alpha value is -0.410. The summed E-state index contributed by atoms with van der Waals surface area (Å²) >= 11 is 0. The Labute approximate surface area is 47.5 Å². The Bertz CT molecular complexity index is 75.7. The van der Waals surface area contributed by atoms with E-state index in [9.17, 15) is 4.79 Å². The number of rotatable bonds is 1. The lowest BCUT2D eigenvalue weighted by Gasteiger charge is -2.14. The van der Waals surface area contributed by atoms with Gasteiger partial charge in [0.25, 0.3) is 0 Å². The van der Waals surface area contributed by atoms with Crippen LogP contribution in [-0.4, -0.2) is 19.5 Å². The van der Waals surface area contributed by atoms with Crippen LogP contribution in [0.25, 0.3) is 0 Å². The molecule has 0 aromatic carbocycles. The molecule has 0 aromatic rings. The minimum absolute atomic E-state index is 0.0590. The fraction of sp³-hybridized carbons (Fsp3) is 0.800. The third-order valence-electron chi connectivity index (χ3n) is 1.13. The van der Waals surface area contributed by atoms with Gasteiger partial charge in [0.2, 0.25) is 0 Å². The minimum atomic E-state index is 0.0590. The monoisotopic (exact) mass is 116 g/mol. The Morgan fingerprint density at radius 1 is 1.50 bits per heavy atom. The maximum atomic E-state index is 10.0. The molecule has 1 atom stereocenters. The highest BCUT2D eigenvalue weighted by Gasteiger charge is 2.12. The summed E-state index contributed by atoms with van der Waals surface area (Å²) in [7, 11) is 0. The zero-order chi connectivity index (χ0) is 5.82. The summed E-state index contributed by atoms with van der Waals surface area (Å²) in [4.78, 5) is 19.1. The van der Waals surface area contributed by atoms with Gasteiger partial charge in [-0.25, -0.2) is 9.78 Å². The molecule has 1 fully saturated rings. The quantitative estimate of drug-likeness (QED) is 0.361. The van der Waals surface area contributed by atoms with Crippen LogP contribution in [0.4, 0.5) is 0 Å². The Morgan fingerprint density at radius 3 is 2.75 bits per heavy atom. The van der Waals surface area contributed by atoms with Gasteiger partial charge >= 0.3 is 0 Å². The summed E-state index contributed by atoms with van der Waals surface area (Å²) in [6, 6.07) is 0. The van der Waals surface area contributed by atoms with Crippen LogP contribution >= 0.6 is 0 Å². The van der Waals surface area contributed by atoms with Crippen molar-refractivity contribution >= 4 is 6.29 Å². The molecular formula is C5H8O3. The maximum absolute atomic E-state index is 10.0. The predicted molar refractivity (Wildman–Crippen MR) is 26.1 cm³/mol. The van der Waals surface area contributed by atoms with Crippen LogP contribution in [-0.2, 0) is 14.6 Å². The van der Waals surface area contributed by atoms with E-state index in [-0.39, 0.29) is 5.92 Å². The molecule has 46 valence electrons. The molecule has 1 saturated heterocycles. The van der Waals surface area contributed by atoms with Crippen LogP contribution in [0, 0.1) is 5.92 Å². The van der Waals surface area contributed by atoms with Gasteiger partial charge in [-0.05, 0) is 6.42 Å². The number of carbonyl (C=O) groups is 1. The van der Waals surface area contributed by atoms with E-state index in [1.54, 1.807) is 0 Å². The third-order valence-corrected chi connectivity index (χ3v) is 1.13. The van der Waals surface area contributed by atoms with E-state index in [4.69, 9.17) is 0 Å². The van der Waals surface area contributed by atoms with Crippen molar-refractivity contribution < 1.29 is 14.6 Å². The van der Waals surface area contributed by atoms with E-state index in [1.165, 1.54) is 0 Å². The Morgan fingerprint density at radius 2 is 2.38 bits per heavy atom. The average Bonchev–Trinajstić information content (AvgIpc) is 1.90. The molecule has 0 spiro atoms. The second-order valence-electron chi connectivity index (χ2n) is 1.79. The van der Waals surface area contributed by atoms with E-state index >= 15 is 0 Å². The van der Waals surface area contributed by atoms with Gasteiger partial charge in [0, 0.05) is 5.92 Å². The molecule has 8 heavy (non-hydrogen) atoms. The van der Waals surface area contributed by atoms with Gasteiger partial charge in [0.15, 0.2) is 0 Å². The van der Waals surface area contributed by atoms with Gasteiger partial charge in [0.1, 0.15) is 6.29 Å². The zero-order valence-electron chi connectivity index (χ0n) is 4.50. The number of hydrogen-bond acceptors (Lipinski definition) is 3. The molecule has 0 N–H and O–H groups in total. The van der Waals surface area contributed by atoms with Crippen LogP contribution in [0.3, 0.4) is 0 Å². The zero-order valence-corrected chi connectivity index (χ0v) is 4.50. The lowest BCUT2D eigenvalue weighted by atomic mass is 10.1. The van der Waals surface area contributed by atoms with Crippen molar-refractivity contribution in [1.82, 2.24) is 0 Å². The van der Waals surface area contributed by atoms with Crippen molar-refractivity contribution in [3.8, 4) is 0 Å². The molecule has 0 bridgehead atoms. The first-order valence-corrected chi connectivity index (χ1v) is 2.63. The third kappa shape index (κ3) is 1.28. The fourth-order valence-electron chi connectivity index (χ4n) is 0.585. The summed E-state index contributed by atoms with van der Waals surface area (Å²) in [5.41, 5.74) is 0. The lowest BCUT2D eigenvalue weighted by molar-refractivity contribution is -0.320. The first kappa shape index (κ1) is 5.72. The molecule has 1 rings (SSSR count). The highest BCUT2D eigenvalue weighted by Crippen LogP contribution is 2.06. The van der Waals surface area contributed by atoms with E-state index in [1.807, 2.05) is 0 Å². The first-order valence-electron chi connectivity index (χ1n) is 2.63. The molecular weight excluding hydrogens is 108 g/mol. The number of aldehydes is 1. The van der Waals surface area contributed by atoms with Gasteiger partial charge in [-0.2, -0.15) is 0 Å². The lowest BCUT2D eigenvalue weighted by Crippen LogP contribution is -2.19. The van der Waals surface area contributed by atoms with Gasteiger partial charge in [-0.1, -0.05) is 0 Å². The van der Waals surface area contributed by atoms with Crippen molar-refractivity contribution in [2.75, 3.05) is 13.2 Å². The van der Waals surface area contributed by atoms with Gasteiger partial charge in [-0.3, -0.25) is 0 Å². The number of hydrogen-bond donors (Lipinski definition) is 0. The Kier molecular flexibility index (Phi) is 2.00. The summed E-state index contributed by atoms with van der Waals surface area (Å²) in [5, 5.41) is 0. The standard InChI is InChI=1S/C5H8O3/c6-3-5-1-2-7-8-4-5/h3,5H,1-2,4H2. The summed E-state index contributed by atoms with van der Waals surface area (Å²) in [5.74, 6) is 0.0590. The molecule has 1 heterocycles. The van der Waals surface area contributed by atoms with Crippen LogP contribution in [0.2, 0.25) is 0 Å². The van der Waals surface area contributed by atoms with E-state index in [0.717, 1.165) is 12.7 Å². The molecule has 1 aliphatic rings. The molecule has 1 unspecified atom stereocenters. The van der Waals surface area contributed by atoms with Crippen molar-refractivity contribution in [3.63, 3.8) is 0 Å². The minimum Gasteiger partial charge on any atom is -0.303 e. The van der Waals surface area contributed by atoms with E-state index in [0.29, 0.717) is 13.2 Å². The van der Waals surface area contributed by atoms with Crippen LogP contribution < -0.4 is 0 Å². The predicted octanol–water partition coefficient (Wildman–Crippen LogP) is 0.153. The maximum Gasteiger partial charge on any atom is 0.125 e. The molecule has 3 nitrogen and oxygen atoms in total. The first-order chi connectivity index (χ1) is 3.93. The van der Waals surface area contributed by atoms with Crippen molar-refractivity contribution in [2.45, 2.75) is 6.42 Å². The van der Waals surface area contributed by atoms with Gasteiger partial charge in [-0.15, -0.1) is 0 Å². The largest absolute Gasteiger partial charge is 0.303 e. The van der Waals surface area contributed by atoms with Crippen LogP contribution in [0.1, 0.15) is 6.42 Å². The van der Waals surface area contributed by atoms with Crippen LogP contribution in [0.15, 0.2) is 0 Å². The second kappa shape index (κ2) is 2.79. The highest BCUT2D eigenvalue weighted by molar-refractivity contribution is 5.53. The molecule has 0 aromatic heterocycles. The van der Waals surface area contributed by atoms with E-state index in [2.05, 4.69) is 9.78 Å². The molecule has 0 aliphatic carbocycles. The Balaban J connectivity index is 2.22. The SMILES string of the molecule is O=CC1CCOOC1. The average molecular weight is 116 g/mol. The van der Waals surface area contributed by atoms with Crippen molar-refractivity contribution in [3.05, 3.63) is 0 Å². The highest BCUT2D eigenvalue weighted by atomic mass is 17.2. The summed E-state index contributed by atoms with van der Waals surface area (Å²) in [6.45, 7) is 0.965. The van der Waals surface area contributed by atoms with E-state index < -0.39 is 0 Å².